The predicted molar refractivity (Wildman–Crippen MR) is 105 cm³/mol. The van der Waals surface area contributed by atoms with Crippen molar-refractivity contribution in [1.29, 1.82) is 0 Å². The van der Waals surface area contributed by atoms with Crippen LogP contribution in [0.4, 0.5) is 5.69 Å². The predicted octanol–water partition coefficient (Wildman–Crippen LogP) is 3.71. The molecule has 0 saturated carbocycles. The van der Waals surface area contributed by atoms with Crippen molar-refractivity contribution >= 4 is 17.6 Å². The highest BCUT2D eigenvalue weighted by atomic mass is 16.5. The lowest BCUT2D eigenvalue weighted by Gasteiger charge is -2.32. The summed E-state index contributed by atoms with van der Waals surface area (Å²) in [6.45, 7) is 4.78. The van der Waals surface area contributed by atoms with Crippen LogP contribution in [-0.2, 0) is 16.1 Å². The molecule has 3 rings (SSSR count). The Kier molecular flexibility index (Phi) is 6.60. The van der Waals surface area contributed by atoms with Crippen molar-refractivity contribution in [3.8, 4) is 0 Å². The molecule has 1 aliphatic rings. The van der Waals surface area contributed by atoms with Gasteiger partial charge in [-0.3, -0.25) is 9.69 Å². The fraction of sp³-hybridized carbons (Fsp3) is 0.364. The first kappa shape index (κ1) is 19.1. The van der Waals surface area contributed by atoms with Crippen LogP contribution in [0.15, 0.2) is 54.6 Å². The third-order valence-corrected chi connectivity index (χ3v) is 4.79. The molecule has 27 heavy (non-hydrogen) atoms. The van der Waals surface area contributed by atoms with Crippen LogP contribution in [0, 0.1) is 5.92 Å². The number of anilines is 1. The number of carbonyl (C=O) groups is 2. The molecule has 0 aliphatic carbocycles. The van der Waals surface area contributed by atoms with Crippen LogP contribution in [0.3, 0.4) is 0 Å². The Morgan fingerprint density at radius 3 is 2.56 bits per heavy atom. The summed E-state index contributed by atoms with van der Waals surface area (Å²) in [4.78, 5) is 26.7. The monoisotopic (exact) mass is 366 g/mol. The number of hydrogen-bond donors (Lipinski definition) is 1. The van der Waals surface area contributed by atoms with Gasteiger partial charge < -0.3 is 10.1 Å². The van der Waals surface area contributed by atoms with Gasteiger partial charge in [0.2, 0.25) is 5.91 Å². The second-order valence-corrected chi connectivity index (χ2v) is 6.85. The number of rotatable bonds is 6. The first-order chi connectivity index (χ1) is 13.2. The Morgan fingerprint density at radius 2 is 1.85 bits per heavy atom. The number of piperidine rings is 1. The Morgan fingerprint density at radius 1 is 1.11 bits per heavy atom. The summed E-state index contributed by atoms with van der Waals surface area (Å²) >= 11 is 0. The molecule has 0 aromatic heterocycles. The van der Waals surface area contributed by atoms with E-state index in [0.29, 0.717) is 17.9 Å². The van der Waals surface area contributed by atoms with E-state index in [9.17, 15) is 9.59 Å². The largest absolute Gasteiger partial charge is 0.462 e. The van der Waals surface area contributed by atoms with E-state index in [-0.39, 0.29) is 17.8 Å². The summed E-state index contributed by atoms with van der Waals surface area (Å²) in [6.07, 6.45) is 1.92. The van der Waals surface area contributed by atoms with E-state index < -0.39 is 0 Å². The molecular weight excluding hydrogens is 340 g/mol. The molecule has 5 heteroatoms. The van der Waals surface area contributed by atoms with E-state index in [2.05, 4.69) is 22.3 Å². The number of nitrogens with one attached hydrogen (secondary N) is 1. The van der Waals surface area contributed by atoms with Crippen LogP contribution in [0.2, 0.25) is 0 Å². The molecule has 0 radical (unpaired) electrons. The van der Waals surface area contributed by atoms with E-state index in [1.165, 1.54) is 5.56 Å². The normalized spacial score (nSPS) is 17.3. The van der Waals surface area contributed by atoms with Gasteiger partial charge >= 0.3 is 5.97 Å². The second kappa shape index (κ2) is 9.33. The van der Waals surface area contributed by atoms with Crippen molar-refractivity contribution in [3.05, 3.63) is 65.7 Å². The van der Waals surface area contributed by atoms with Gasteiger partial charge in [0, 0.05) is 18.8 Å². The van der Waals surface area contributed by atoms with Gasteiger partial charge in [0.15, 0.2) is 0 Å². The lowest BCUT2D eigenvalue weighted by atomic mass is 9.96. The average molecular weight is 366 g/mol. The first-order valence-corrected chi connectivity index (χ1v) is 9.50. The Labute approximate surface area is 160 Å². The number of ether oxygens (including phenoxy) is 1. The summed E-state index contributed by atoms with van der Waals surface area (Å²) in [5, 5.41) is 2.98. The van der Waals surface area contributed by atoms with E-state index in [4.69, 9.17) is 4.74 Å². The summed E-state index contributed by atoms with van der Waals surface area (Å²) < 4.78 is 4.97. The maximum Gasteiger partial charge on any atom is 0.338 e. The molecule has 0 bridgehead atoms. The van der Waals surface area contributed by atoms with Crippen molar-refractivity contribution in [1.82, 2.24) is 4.90 Å². The van der Waals surface area contributed by atoms with Gasteiger partial charge in [0.1, 0.15) is 0 Å². The highest BCUT2D eigenvalue weighted by Gasteiger charge is 2.25. The molecule has 1 heterocycles. The van der Waals surface area contributed by atoms with Crippen molar-refractivity contribution in [2.24, 2.45) is 5.92 Å². The maximum atomic E-state index is 12.7. The number of likely N-dealkylation sites (tertiary alicyclic amines) is 1. The molecule has 142 valence electrons. The third kappa shape index (κ3) is 5.41. The fourth-order valence-electron chi connectivity index (χ4n) is 3.40. The number of amides is 1. The lowest BCUT2D eigenvalue weighted by molar-refractivity contribution is -0.121. The van der Waals surface area contributed by atoms with Crippen LogP contribution in [0.1, 0.15) is 35.7 Å². The molecule has 1 aliphatic heterocycles. The molecule has 5 nitrogen and oxygen atoms in total. The van der Waals surface area contributed by atoms with Gasteiger partial charge in [-0.1, -0.05) is 30.3 Å². The topological polar surface area (TPSA) is 58.6 Å². The van der Waals surface area contributed by atoms with Gasteiger partial charge in [-0.25, -0.2) is 4.79 Å². The summed E-state index contributed by atoms with van der Waals surface area (Å²) in [7, 11) is 0. The highest BCUT2D eigenvalue weighted by Crippen LogP contribution is 2.21. The number of benzene rings is 2. The van der Waals surface area contributed by atoms with Crippen LogP contribution in [0.5, 0.6) is 0 Å². The van der Waals surface area contributed by atoms with E-state index in [1.54, 1.807) is 31.2 Å². The second-order valence-electron chi connectivity index (χ2n) is 6.85. The minimum absolute atomic E-state index is 0.0211. The fourth-order valence-corrected chi connectivity index (χ4v) is 3.40. The van der Waals surface area contributed by atoms with E-state index in [0.717, 1.165) is 32.5 Å². The van der Waals surface area contributed by atoms with Crippen LogP contribution in [-0.4, -0.2) is 36.5 Å². The molecule has 1 unspecified atom stereocenters. The molecule has 1 fully saturated rings. The van der Waals surface area contributed by atoms with Crippen LogP contribution >= 0.6 is 0 Å². The highest BCUT2D eigenvalue weighted by molar-refractivity contribution is 5.94. The SMILES string of the molecule is CCOC(=O)c1ccc(NC(=O)C2CCCN(Cc3ccccc3)C2)cc1. The molecule has 0 spiro atoms. The molecule has 1 atom stereocenters. The molecule has 1 amide bonds. The number of carbonyl (C=O) groups excluding carboxylic acids is 2. The quantitative estimate of drug-likeness (QED) is 0.792. The molecular formula is C22H26N2O3. The Hall–Kier alpha value is -2.66. The Balaban J connectivity index is 1.55. The molecule has 2 aromatic carbocycles. The number of nitrogens with zero attached hydrogens (tertiary/aromatic N) is 1. The van der Waals surface area contributed by atoms with Crippen LogP contribution in [0.25, 0.3) is 0 Å². The van der Waals surface area contributed by atoms with Crippen molar-refractivity contribution < 1.29 is 14.3 Å². The van der Waals surface area contributed by atoms with Gasteiger partial charge in [-0.2, -0.15) is 0 Å². The number of hydrogen-bond acceptors (Lipinski definition) is 4. The van der Waals surface area contributed by atoms with Gasteiger partial charge in [0.05, 0.1) is 18.1 Å². The summed E-state index contributed by atoms with van der Waals surface area (Å²) in [6, 6.07) is 17.2. The smallest absolute Gasteiger partial charge is 0.338 e. The van der Waals surface area contributed by atoms with Gasteiger partial charge in [0.25, 0.3) is 0 Å². The zero-order chi connectivity index (χ0) is 19.1. The van der Waals surface area contributed by atoms with Gasteiger partial charge in [-0.05, 0) is 56.1 Å². The number of esters is 1. The zero-order valence-corrected chi connectivity index (χ0v) is 15.7. The van der Waals surface area contributed by atoms with E-state index in [1.807, 2.05) is 18.2 Å². The average Bonchev–Trinajstić information content (AvgIpc) is 2.70. The van der Waals surface area contributed by atoms with E-state index >= 15 is 0 Å². The van der Waals surface area contributed by atoms with Crippen LogP contribution < -0.4 is 5.32 Å². The van der Waals surface area contributed by atoms with Crippen molar-refractivity contribution in [2.75, 3.05) is 25.0 Å². The zero-order valence-electron chi connectivity index (χ0n) is 15.7. The molecule has 1 saturated heterocycles. The molecule has 2 aromatic rings. The Bertz CT molecular complexity index is 759. The van der Waals surface area contributed by atoms with Gasteiger partial charge in [-0.15, -0.1) is 0 Å². The maximum absolute atomic E-state index is 12.7. The molecule has 1 N–H and O–H groups in total. The minimum Gasteiger partial charge on any atom is -0.462 e. The summed E-state index contributed by atoms with van der Waals surface area (Å²) in [5.74, 6) is -0.331. The first-order valence-electron chi connectivity index (χ1n) is 9.50. The van der Waals surface area contributed by atoms with Crippen molar-refractivity contribution in [2.45, 2.75) is 26.3 Å². The van der Waals surface area contributed by atoms with Crippen molar-refractivity contribution in [3.63, 3.8) is 0 Å². The lowest BCUT2D eigenvalue weighted by Crippen LogP contribution is -2.40. The summed E-state index contributed by atoms with van der Waals surface area (Å²) in [5.41, 5.74) is 2.46. The third-order valence-electron chi connectivity index (χ3n) is 4.79. The minimum atomic E-state index is -0.348. The standard InChI is InChI=1S/C22H26N2O3/c1-2-27-22(26)18-10-12-20(13-11-18)23-21(25)19-9-6-14-24(16-19)15-17-7-4-3-5-8-17/h3-5,7-8,10-13,19H,2,6,9,14-16H2,1H3,(H,23,25).